The summed E-state index contributed by atoms with van der Waals surface area (Å²) in [5, 5.41) is 3.85. The Kier molecular flexibility index (Phi) is 4.82. The van der Waals surface area contributed by atoms with Crippen molar-refractivity contribution >= 4 is 40.4 Å². The van der Waals surface area contributed by atoms with Crippen LogP contribution in [0.25, 0.3) is 0 Å². The zero-order valence-electron chi connectivity index (χ0n) is 12.4. The highest BCUT2D eigenvalue weighted by molar-refractivity contribution is 7.98. The molecule has 0 aromatic carbocycles. The van der Waals surface area contributed by atoms with Gasteiger partial charge in [-0.05, 0) is 18.4 Å². The summed E-state index contributed by atoms with van der Waals surface area (Å²) >= 11 is 2.58. The Hall–Kier alpha value is -2.07. The van der Waals surface area contributed by atoms with Crippen molar-refractivity contribution in [2.24, 2.45) is 0 Å². The zero-order valence-corrected chi connectivity index (χ0v) is 14.0. The van der Waals surface area contributed by atoms with Crippen molar-refractivity contribution in [2.75, 3.05) is 37.8 Å². The molecule has 0 saturated carbocycles. The third-order valence-corrected chi connectivity index (χ3v) is 4.68. The smallest absolute Gasteiger partial charge is 0.323 e. The van der Waals surface area contributed by atoms with Crippen molar-refractivity contribution in [1.29, 1.82) is 0 Å². The predicted molar refractivity (Wildman–Crippen MR) is 86.9 cm³/mol. The second-order valence-corrected chi connectivity index (χ2v) is 6.30. The molecule has 1 fully saturated rings. The summed E-state index contributed by atoms with van der Waals surface area (Å²) in [6.07, 6.45) is 3.35. The Bertz CT molecular complexity index is 680. The number of rotatable bonds is 3. The van der Waals surface area contributed by atoms with Gasteiger partial charge in [0.05, 0.1) is 6.26 Å². The first-order valence-electron chi connectivity index (χ1n) is 6.94. The number of nitrogens with zero attached hydrogens (tertiary/aromatic N) is 4. The minimum atomic E-state index is -0.223. The van der Waals surface area contributed by atoms with E-state index in [2.05, 4.69) is 14.7 Å². The van der Waals surface area contributed by atoms with Crippen LogP contribution in [-0.2, 0) is 0 Å². The second-order valence-electron chi connectivity index (χ2n) is 4.77. The van der Waals surface area contributed by atoms with Gasteiger partial charge in [0.2, 0.25) is 10.3 Å². The van der Waals surface area contributed by atoms with Crippen LogP contribution in [0.5, 0.6) is 0 Å². The maximum Gasteiger partial charge on any atom is 0.323 e. The molecule has 3 amide bonds. The molecule has 10 heteroatoms. The van der Waals surface area contributed by atoms with Crippen LogP contribution >= 0.6 is 23.3 Å². The summed E-state index contributed by atoms with van der Waals surface area (Å²) in [5.41, 5.74) is 0. The van der Waals surface area contributed by atoms with Crippen molar-refractivity contribution < 1.29 is 14.0 Å². The number of nitrogens with one attached hydrogen (secondary N) is 1. The number of urea groups is 1. The number of anilines is 1. The predicted octanol–water partition coefficient (Wildman–Crippen LogP) is 1.84. The van der Waals surface area contributed by atoms with E-state index in [9.17, 15) is 9.59 Å². The Morgan fingerprint density at radius 1 is 1.30 bits per heavy atom. The van der Waals surface area contributed by atoms with E-state index >= 15 is 0 Å². The van der Waals surface area contributed by atoms with Gasteiger partial charge in [-0.1, -0.05) is 11.8 Å². The molecular formula is C13H15N5O3S2. The highest BCUT2D eigenvalue weighted by Gasteiger charge is 2.26. The lowest BCUT2D eigenvalue weighted by Crippen LogP contribution is -2.51. The fraction of sp³-hybridized carbons (Fsp3) is 0.385. The van der Waals surface area contributed by atoms with Crippen LogP contribution in [0.2, 0.25) is 0 Å². The zero-order chi connectivity index (χ0) is 16.2. The van der Waals surface area contributed by atoms with E-state index in [-0.39, 0.29) is 11.9 Å². The van der Waals surface area contributed by atoms with Gasteiger partial charge in [-0.3, -0.25) is 10.1 Å². The van der Waals surface area contributed by atoms with E-state index in [1.807, 2.05) is 6.26 Å². The van der Waals surface area contributed by atoms with E-state index in [1.165, 1.54) is 18.0 Å². The average Bonchev–Trinajstić information content (AvgIpc) is 3.26. The van der Waals surface area contributed by atoms with Gasteiger partial charge in [-0.25, -0.2) is 4.79 Å². The number of hydrogen-bond acceptors (Lipinski definition) is 7. The fourth-order valence-electron chi connectivity index (χ4n) is 2.18. The molecule has 2 aromatic heterocycles. The molecule has 0 bridgehead atoms. The number of carbonyl (C=O) groups excluding carboxylic acids is 2. The summed E-state index contributed by atoms with van der Waals surface area (Å²) < 4.78 is 9.21. The van der Waals surface area contributed by atoms with Gasteiger partial charge in [0, 0.05) is 37.7 Å². The molecule has 0 atom stereocenters. The van der Waals surface area contributed by atoms with Crippen molar-refractivity contribution in [3.63, 3.8) is 0 Å². The molecule has 1 aliphatic rings. The molecule has 1 saturated heterocycles. The summed E-state index contributed by atoms with van der Waals surface area (Å²) in [4.78, 5) is 31.9. The van der Waals surface area contributed by atoms with E-state index in [1.54, 1.807) is 21.9 Å². The number of thioether (sulfide) groups is 1. The molecule has 1 aliphatic heterocycles. The lowest BCUT2D eigenvalue weighted by atomic mass is 10.3. The Morgan fingerprint density at radius 2 is 2.04 bits per heavy atom. The molecule has 3 rings (SSSR count). The van der Waals surface area contributed by atoms with Crippen molar-refractivity contribution in [1.82, 2.24) is 19.2 Å². The standard InChI is InChI=1S/C13H15N5O3S2/c1-22-12-14-11(23-16-12)15-13(20)18-6-4-17(5-7-18)10(19)9-3-2-8-21-9/h2-3,8H,4-7H2,1H3,(H,14,15,16,20). The van der Waals surface area contributed by atoms with E-state index in [4.69, 9.17) is 4.42 Å². The third kappa shape index (κ3) is 3.64. The first-order valence-corrected chi connectivity index (χ1v) is 8.93. The van der Waals surface area contributed by atoms with Gasteiger partial charge in [0.25, 0.3) is 5.91 Å². The molecule has 0 radical (unpaired) electrons. The van der Waals surface area contributed by atoms with Crippen LogP contribution in [0.15, 0.2) is 28.0 Å². The fourth-order valence-corrected chi connectivity index (χ4v) is 3.30. The molecule has 0 spiro atoms. The minimum Gasteiger partial charge on any atom is -0.459 e. The summed E-state index contributed by atoms with van der Waals surface area (Å²) in [6.45, 7) is 1.87. The molecule has 1 N–H and O–H groups in total. The van der Waals surface area contributed by atoms with Gasteiger partial charge in [-0.2, -0.15) is 9.36 Å². The average molecular weight is 353 g/mol. The quantitative estimate of drug-likeness (QED) is 0.847. The normalized spacial score (nSPS) is 14.8. The summed E-state index contributed by atoms with van der Waals surface area (Å²) in [6, 6.07) is 3.10. The lowest BCUT2D eigenvalue weighted by molar-refractivity contribution is 0.0640. The maximum absolute atomic E-state index is 12.2. The molecule has 3 heterocycles. The molecule has 0 unspecified atom stereocenters. The summed E-state index contributed by atoms with van der Waals surface area (Å²) in [7, 11) is 0. The van der Waals surface area contributed by atoms with Crippen LogP contribution in [0, 0.1) is 0 Å². The van der Waals surface area contributed by atoms with Gasteiger partial charge < -0.3 is 14.2 Å². The number of carbonyl (C=O) groups is 2. The van der Waals surface area contributed by atoms with Crippen LogP contribution in [-0.4, -0.2) is 63.5 Å². The third-order valence-electron chi connectivity index (χ3n) is 3.39. The Morgan fingerprint density at radius 3 is 2.65 bits per heavy atom. The maximum atomic E-state index is 12.2. The largest absolute Gasteiger partial charge is 0.459 e. The SMILES string of the molecule is CSc1nsc(NC(=O)N2CCN(C(=O)c3ccco3)CC2)n1. The molecule has 0 aliphatic carbocycles. The summed E-state index contributed by atoms with van der Waals surface area (Å²) in [5.74, 6) is 0.171. The number of furan rings is 1. The van der Waals surface area contributed by atoms with E-state index in [0.29, 0.717) is 42.2 Å². The minimum absolute atomic E-state index is 0.149. The topological polar surface area (TPSA) is 91.6 Å². The van der Waals surface area contributed by atoms with E-state index < -0.39 is 0 Å². The first-order chi connectivity index (χ1) is 11.2. The molecule has 8 nitrogen and oxygen atoms in total. The van der Waals surface area contributed by atoms with Crippen molar-refractivity contribution in [2.45, 2.75) is 5.16 Å². The Labute approximate surface area is 141 Å². The van der Waals surface area contributed by atoms with E-state index in [0.717, 1.165) is 11.5 Å². The molecule has 23 heavy (non-hydrogen) atoms. The Balaban J connectivity index is 1.52. The van der Waals surface area contributed by atoms with Gasteiger partial charge in [0.1, 0.15) is 0 Å². The number of aromatic nitrogens is 2. The van der Waals surface area contributed by atoms with Gasteiger partial charge in [-0.15, -0.1) is 0 Å². The van der Waals surface area contributed by atoms with Crippen LogP contribution in [0.3, 0.4) is 0 Å². The molecule has 122 valence electrons. The first kappa shape index (κ1) is 15.8. The number of piperazine rings is 1. The molecule has 2 aromatic rings. The monoisotopic (exact) mass is 353 g/mol. The second kappa shape index (κ2) is 7.01. The molecular weight excluding hydrogens is 338 g/mol. The van der Waals surface area contributed by atoms with Gasteiger partial charge >= 0.3 is 6.03 Å². The van der Waals surface area contributed by atoms with Crippen LogP contribution in [0.4, 0.5) is 9.93 Å². The van der Waals surface area contributed by atoms with Crippen LogP contribution in [0.1, 0.15) is 10.6 Å². The number of amides is 3. The van der Waals surface area contributed by atoms with Crippen molar-refractivity contribution in [3.05, 3.63) is 24.2 Å². The number of hydrogen-bond donors (Lipinski definition) is 1. The highest BCUT2D eigenvalue weighted by Crippen LogP contribution is 2.18. The highest BCUT2D eigenvalue weighted by atomic mass is 32.2. The van der Waals surface area contributed by atoms with Crippen molar-refractivity contribution in [3.8, 4) is 0 Å². The van der Waals surface area contributed by atoms with Crippen LogP contribution < -0.4 is 5.32 Å². The lowest BCUT2D eigenvalue weighted by Gasteiger charge is -2.34. The van der Waals surface area contributed by atoms with Gasteiger partial charge in [0.15, 0.2) is 5.76 Å².